The Morgan fingerprint density at radius 1 is 0.889 bits per heavy atom. The largest absolute Gasteiger partial charge is 0.378 e. The molecule has 0 aliphatic carbocycles. The summed E-state index contributed by atoms with van der Waals surface area (Å²) in [6.07, 6.45) is 1.91. The van der Waals surface area contributed by atoms with Gasteiger partial charge in [-0.3, -0.25) is 4.55 Å². The van der Waals surface area contributed by atoms with Gasteiger partial charge in [-0.1, -0.05) is 0 Å². The summed E-state index contributed by atoms with van der Waals surface area (Å²) in [7, 11) is -3.97. The van der Waals surface area contributed by atoms with Crippen LogP contribution in [0.25, 0.3) is 0 Å². The Labute approximate surface area is 168 Å². The van der Waals surface area contributed by atoms with Gasteiger partial charge in [0.1, 0.15) is 0 Å². The summed E-state index contributed by atoms with van der Waals surface area (Å²) in [6, 6.07) is 0. The van der Waals surface area contributed by atoms with Gasteiger partial charge < -0.3 is 18.9 Å². The van der Waals surface area contributed by atoms with E-state index in [1.54, 1.807) is 0 Å². The highest BCUT2D eigenvalue weighted by Crippen LogP contribution is 2.40. The molecular weight excluding hydrogens is 398 g/mol. The average Bonchev–Trinajstić information content (AvgIpc) is 2.52. The fourth-order valence-electron chi connectivity index (χ4n) is 3.26. The minimum atomic E-state index is -3.97. The zero-order valence-corrected chi connectivity index (χ0v) is 18.4. The van der Waals surface area contributed by atoms with Gasteiger partial charge in [0.25, 0.3) is 10.1 Å². The lowest BCUT2D eigenvalue weighted by molar-refractivity contribution is -0.0785. The second-order valence-corrected chi connectivity index (χ2v) is 9.84. The first kappa shape index (κ1) is 25.0. The number of hydrogen-bond donors (Lipinski definition) is 1. The number of nitrogens with zero attached hydrogens (tertiary/aromatic N) is 1. The lowest BCUT2D eigenvalue weighted by Crippen LogP contribution is -2.57. The van der Waals surface area contributed by atoms with Gasteiger partial charge in [-0.25, -0.2) is 4.42 Å². The predicted molar refractivity (Wildman–Crippen MR) is 104 cm³/mol. The molecule has 162 valence electrons. The SMILES string of the molecule is CC1(C)CC(OCCOCCOCCOCCS(=O)(=O)O)CC(C)(C)N1Cl. The fraction of sp³-hybridized carbons (Fsp3) is 1.00. The second kappa shape index (κ2) is 11.3. The fourth-order valence-corrected chi connectivity index (χ4v) is 3.73. The van der Waals surface area contributed by atoms with Crippen molar-refractivity contribution in [2.45, 2.75) is 57.7 Å². The number of piperidine rings is 1. The molecule has 0 saturated carbocycles. The highest BCUT2D eigenvalue weighted by molar-refractivity contribution is 7.85. The molecule has 1 saturated heterocycles. The van der Waals surface area contributed by atoms with E-state index in [9.17, 15) is 8.42 Å². The maximum absolute atomic E-state index is 10.5. The van der Waals surface area contributed by atoms with E-state index in [0.29, 0.717) is 33.0 Å². The van der Waals surface area contributed by atoms with Crippen LogP contribution in [0.5, 0.6) is 0 Å². The molecule has 0 amide bonds. The van der Waals surface area contributed by atoms with Crippen molar-refractivity contribution >= 4 is 21.9 Å². The summed E-state index contributed by atoms with van der Waals surface area (Å²) in [5, 5.41) is 0. The molecular formula is C17H34ClNO7S. The predicted octanol–water partition coefficient (Wildman–Crippen LogP) is 2.12. The van der Waals surface area contributed by atoms with Crippen molar-refractivity contribution in [1.82, 2.24) is 4.42 Å². The Morgan fingerprint density at radius 3 is 1.74 bits per heavy atom. The van der Waals surface area contributed by atoms with Crippen LogP contribution in [-0.2, 0) is 29.1 Å². The third-order valence-corrected chi connectivity index (χ3v) is 5.93. The quantitative estimate of drug-likeness (QED) is 0.269. The molecule has 1 heterocycles. The maximum Gasteiger partial charge on any atom is 0.267 e. The molecule has 27 heavy (non-hydrogen) atoms. The lowest BCUT2D eigenvalue weighted by atomic mass is 9.81. The van der Waals surface area contributed by atoms with E-state index < -0.39 is 15.9 Å². The minimum absolute atomic E-state index is 0.0493. The lowest BCUT2D eigenvalue weighted by Gasteiger charge is -2.51. The molecule has 0 radical (unpaired) electrons. The van der Waals surface area contributed by atoms with Gasteiger partial charge in [-0.15, -0.1) is 0 Å². The van der Waals surface area contributed by atoms with Crippen molar-refractivity contribution in [3.63, 3.8) is 0 Å². The van der Waals surface area contributed by atoms with Crippen LogP contribution in [0.1, 0.15) is 40.5 Å². The van der Waals surface area contributed by atoms with E-state index in [4.69, 9.17) is 35.3 Å². The van der Waals surface area contributed by atoms with Crippen molar-refractivity contribution in [2.75, 3.05) is 52.0 Å². The Bertz CT molecular complexity index is 509. The first-order chi connectivity index (χ1) is 12.4. The summed E-state index contributed by atoms with van der Waals surface area (Å²) in [5.41, 5.74) is -0.238. The van der Waals surface area contributed by atoms with Gasteiger partial charge in [-0.2, -0.15) is 8.42 Å². The molecule has 0 atom stereocenters. The van der Waals surface area contributed by atoms with E-state index in [1.807, 2.05) is 4.42 Å². The topological polar surface area (TPSA) is 94.5 Å². The van der Waals surface area contributed by atoms with Gasteiger partial charge >= 0.3 is 0 Å². The molecule has 0 aromatic carbocycles. The molecule has 1 aliphatic heterocycles. The number of halogens is 1. The molecule has 1 rings (SSSR count). The van der Waals surface area contributed by atoms with E-state index in [2.05, 4.69) is 27.7 Å². The minimum Gasteiger partial charge on any atom is -0.378 e. The van der Waals surface area contributed by atoms with Crippen LogP contribution in [0.3, 0.4) is 0 Å². The van der Waals surface area contributed by atoms with Crippen LogP contribution < -0.4 is 0 Å². The maximum atomic E-state index is 10.5. The van der Waals surface area contributed by atoms with Crippen LogP contribution in [-0.4, -0.2) is 86.6 Å². The van der Waals surface area contributed by atoms with Gasteiger partial charge in [0.05, 0.1) is 58.1 Å². The number of ether oxygens (including phenoxy) is 4. The third kappa shape index (κ3) is 10.4. The van der Waals surface area contributed by atoms with Crippen LogP contribution in [0.4, 0.5) is 0 Å². The van der Waals surface area contributed by atoms with E-state index in [0.717, 1.165) is 12.8 Å². The summed E-state index contributed by atoms with van der Waals surface area (Å²) in [6.45, 7) is 10.9. The van der Waals surface area contributed by atoms with Crippen LogP contribution in [0.15, 0.2) is 0 Å². The van der Waals surface area contributed by atoms with Crippen molar-refractivity contribution in [3.05, 3.63) is 0 Å². The normalized spacial score (nSPS) is 20.8. The highest BCUT2D eigenvalue weighted by atomic mass is 35.5. The zero-order valence-electron chi connectivity index (χ0n) is 16.8. The Morgan fingerprint density at radius 2 is 1.30 bits per heavy atom. The standard InChI is InChI=1S/C17H34ClNO7S/c1-16(2)13-15(14-17(3,4)19(16)18)26-10-9-24-6-5-23-7-8-25-11-12-27(20,21)22/h15H,5-14H2,1-4H3,(H,20,21,22). The first-order valence-corrected chi connectivity index (χ1v) is 11.1. The molecule has 0 aromatic rings. The van der Waals surface area contributed by atoms with Crippen molar-refractivity contribution in [1.29, 1.82) is 0 Å². The molecule has 1 aliphatic rings. The van der Waals surface area contributed by atoms with Gasteiger partial charge in [0, 0.05) is 11.1 Å². The average molecular weight is 432 g/mol. The van der Waals surface area contributed by atoms with Crippen LogP contribution >= 0.6 is 11.8 Å². The highest BCUT2D eigenvalue weighted by Gasteiger charge is 2.45. The Balaban J connectivity index is 1.99. The van der Waals surface area contributed by atoms with E-state index >= 15 is 0 Å². The first-order valence-electron chi connectivity index (χ1n) is 9.20. The van der Waals surface area contributed by atoms with Gasteiger partial charge in [0.15, 0.2) is 0 Å². The summed E-state index contributed by atoms with van der Waals surface area (Å²) < 4.78 is 53.2. The summed E-state index contributed by atoms with van der Waals surface area (Å²) in [4.78, 5) is 0. The molecule has 10 heteroatoms. The molecule has 0 aromatic heterocycles. The molecule has 1 N–H and O–H groups in total. The summed E-state index contributed by atoms with van der Waals surface area (Å²) in [5.74, 6) is -0.408. The van der Waals surface area contributed by atoms with Gasteiger partial charge in [0.2, 0.25) is 0 Å². The third-order valence-electron chi connectivity index (χ3n) is 4.33. The Hall–Kier alpha value is -0.0000000000000000555. The zero-order chi connectivity index (χ0) is 20.6. The molecule has 8 nitrogen and oxygen atoms in total. The second-order valence-electron chi connectivity index (χ2n) is 7.93. The molecule has 0 spiro atoms. The molecule has 0 bridgehead atoms. The summed E-state index contributed by atoms with van der Waals surface area (Å²) >= 11 is 6.45. The van der Waals surface area contributed by atoms with Crippen molar-refractivity contribution in [2.24, 2.45) is 0 Å². The Kier molecular flexibility index (Phi) is 10.4. The number of rotatable bonds is 13. The molecule has 0 unspecified atom stereocenters. The van der Waals surface area contributed by atoms with Crippen molar-refractivity contribution < 1.29 is 31.9 Å². The number of hydrogen-bond acceptors (Lipinski definition) is 7. The van der Waals surface area contributed by atoms with E-state index in [-0.39, 0.29) is 30.4 Å². The van der Waals surface area contributed by atoms with E-state index in [1.165, 1.54) is 0 Å². The molecule has 1 fully saturated rings. The monoisotopic (exact) mass is 431 g/mol. The smallest absolute Gasteiger partial charge is 0.267 e. The van der Waals surface area contributed by atoms with Crippen molar-refractivity contribution in [3.8, 4) is 0 Å². The van der Waals surface area contributed by atoms with Crippen LogP contribution in [0.2, 0.25) is 0 Å². The van der Waals surface area contributed by atoms with Crippen LogP contribution in [0, 0.1) is 0 Å². The van der Waals surface area contributed by atoms with Gasteiger partial charge in [-0.05, 0) is 52.3 Å².